The minimum atomic E-state index is 0.382. The summed E-state index contributed by atoms with van der Waals surface area (Å²) in [5.41, 5.74) is 0. The third kappa shape index (κ3) is 7.02. The van der Waals surface area contributed by atoms with Gasteiger partial charge in [0, 0.05) is 26.4 Å². The molecule has 0 saturated heterocycles. The molecule has 0 spiro atoms. The van der Waals surface area contributed by atoms with Crippen LogP contribution in [0.15, 0.2) is 0 Å². The van der Waals surface area contributed by atoms with E-state index in [1.54, 1.807) is 7.11 Å². The van der Waals surface area contributed by atoms with Crippen LogP contribution in [0.3, 0.4) is 0 Å². The Bertz CT molecular complexity index is 226. The first-order valence-corrected chi connectivity index (χ1v) is 8.23. The highest BCUT2D eigenvalue weighted by Gasteiger charge is 2.29. The van der Waals surface area contributed by atoms with Crippen molar-refractivity contribution in [2.24, 2.45) is 5.92 Å². The zero-order valence-corrected chi connectivity index (χ0v) is 13.5. The molecule has 1 N–H and O–H groups in total. The Kier molecular flexibility index (Phi) is 10.3. The highest BCUT2D eigenvalue weighted by atomic mass is 16.5. The van der Waals surface area contributed by atoms with Gasteiger partial charge in [-0.25, -0.2) is 0 Å². The van der Waals surface area contributed by atoms with Crippen LogP contribution in [0.25, 0.3) is 0 Å². The molecule has 3 atom stereocenters. The fraction of sp³-hybridized carbons (Fsp3) is 1.00. The molecule has 0 heterocycles. The number of likely N-dealkylation sites (N-methyl/N-ethyl adjacent to an activating group) is 1. The van der Waals surface area contributed by atoms with Gasteiger partial charge in [0.1, 0.15) is 0 Å². The van der Waals surface area contributed by atoms with Crippen LogP contribution in [0, 0.1) is 5.92 Å². The van der Waals surface area contributed by atoms with Crippen LogP contribution >= 0.6 is 0 Å². The first-order chi connectivity index (χ1) is 9.81. The summed E-state index contributed by atoms with van der Waals surface area (Å²) in [4.78, 5) is 0. The Labute approximate surface area is 124 Å². The zero-order chi connectivity index (χ0) is 14.6. The van der Waals surface area contributed by atoms with E-state index in [2.05, 4.69) is 19.2 Å². The van der Waals surface area contributed by atoms with Crippen molar-refractivity contribution in [3.05, 3.63) is 0 Å². The summed E-state index contributed by atoms with van der Waals surface area (Å²) in [5, 5.41) is 3.58. The molecule has 1 rings (SSSR count). The van der Waals surface area contributed by atoms with Crippen LogP contribution < -0.4 is 5.32 Å². The van der Waals surface area contributed by atoms with E-state index >= 15 is 0 Å². The number of ether oxygens (including phenoxy) is 3. The number of nitrogens with one attached hydrogen (secondary N) is 1. The van der Waals surface area contributed by atoms with Gasteiger partial charge in [-0.1, -0.05) is 20.3 Å². The van der Waals surface area contributed by atoms with Gasteiger partial charge in [-0.05, 0) is 38.1 Å². The number of rotatable bonds is 11. The number of methoxy groups -OCH3 is 1. The molecule has 0 amide bonds. The standard InChI is InChI=1S/C16H33NO3/c1-4-14-7-8-15(17-5-2)16(13-14)20-10-6-9-19-12-11-18-3/h14-17H,4-13H2,1-3H3. The molecule has 0 aromatic carbocycles. The summed E-state index contributed by atoms with van der Waals surface area (Å²) in [6.45, 7) is 8.41. The lowest BCUT2D eigenvalue weighted by Gasteiger charge is -2.36. The van der Waals surface area contributed by atoms with Gasteiger partial charge in [-0.3, -0.25) is 0 Å². The Morgan fingerprint density at radius 3 is 2.60 bits per heavy atom. The van der Waals surface area contributed by atoms with Crippen LogP contribution in [0.5, 0.6) is 0 Å². The molecule has 4 nitrogen and oxygen atoms in total. The molecular formula is C16H33NO3. The Hall–Kier alpha value is -0.160. The molecule has 4 heteroatoms. The average molecular weight is 287 g/mol. The summed E-state index contributed by atoms with van der Waals surface area (Å²) < 4.78 is 16.5. The molecular weight excluding hydrogens is 254 g/mol. The molecule has 1 saturated carbocycles. The second kappa shape index (κ2) is 11.5. The molecule has 1 fully saturated rings. The van der Waals surface area contributed by atoms with Gasteiger partial charge < -0.3 is 19.5 Å². The van der Waals surface area contributed by atoms with Crippen LogP contribution in [-0.4, -0.2) is 52.2 Å². The van der Waals surface area contributed by atoms with Crippen LogP contribution in [0.1, 0.15) is 46.0 Å². The van der Waals surface area contributed by atoms with Crippen molar-refractivity contribution in [2.75, 3.05) is 40.1 Å². The summed E-state index contributed by atoms with van der Waals surface area (Å²) in [7, 11) is 1.70. The molecule has 0 radical (unpaired) electrons. The Morgan fingerprint density at radius 1 is 1.05 bits per heavy atom. The fourth-order valence-electron chi connectivity index (χ4n) is 2.90. The predicted octanol–water partition coefficient (Wildman–Crippen LogP) is 2.61. The molecule has 1 aliphatic rings. The van der Waals surface area contributed by atoms with Crippen LogP contribution in [-0.2, 0) is 14.2 Å². The molecule has 3 unspecified atom stereocenters. The maximum atomic E-state index is 6.11. The fourth-order valence-corrected chi connectivity index (χ4v) is 2.90. The normalized spacial score (nSPS) is 26.9. The molecule has 0 aromatic heterocycles. The topological polar surface area (TPSA) is 39.7 Å². The lowest BCUT2D eigenvalue weighted by atomic mass is 9.82. The SMILES string of the molecule is CCNC1CCC(CC)CC1OCCCOCCOC. The summed E-state index contributed by atoms with van der Waals surface area (Å²) in [6, 6.07) is 0.539. The third-order valence-corrected chi connectivity index (χ3v) is 4.14. The zero-order valence-electron chi connectivity index (χ0n) is 13.5. The van der Waals surface area contributed by atoms with E-state index in [4.69, 9.17) is 14.2 Å². The maximum absolute atomic E-state index is 6.11. The van der Waals surface area contributed by atoms with Crippen molar-refractivity contribution < 1.29 is 14.2 Å². The van der Waals surface area contributed by atoms with E-state index in [1.807, 2.05) is 0 Å². The van der Waals surface area contributed by atoms with Gasteiger partial charge in [-0.2, -0.15) is 0 Å². The highest BCUT2D eigenvalue weighted by molar-refractivity contribution is 4.85. The number of hydrogen-bond donors (Lipinski definition) is 1. The molecule has 1 aliphatic carbocycles. The molecule has 0 bridgehead atoms. The van der Waals surface area contributed by atoms with Gasteiger partial charge in [0.25, 0.3) is 0 Å². The van der Waals surface area contributed by atoms with Gasteiger partial charge >= 0.3 is 0 Å². The lowest BCUT2D eigenvalue weighted by Crippen LogP contribution is -2.45. The Morgan fingerprint density at radius 2 is 1.90 bits per heavy atom. The van der Waals surface area contributed by atoms with Crippen molar-refractivity contribution >= 4 is 0 Å². The van der Waals surface area contributed by atoms with Crippen molar-refractivity contribution in [1.82, 2.24) is 5.32 Å². The van der Waals surface area contributed by atoms with Crippen molar-refractivity contribution in [1.29, 1.82) is 0 Å². The highest BCUT2D eigenvalue weighted by Crippen LogP contribution is 2.29. The predicted molar refractivity (Wildman–Crippen MR) is 82.1 cm³/mol. The summed E-state index contributed by atoms with van der Waals surface area (Å²) in [6.07, 6.45) is 6.43. The molecule has 0 aromatic rings. The van der Waals surface area contributed by atoms with E-state index < -0.39 is 0 Å². The second-order valence-corrected chi connectivity index (χ2v) is 5.62. The number of hydrogen-bond acceptors (Lipinski definition) is 4. The minimum absolute atomic E-state index is 0.382. The van der Waals surface area contributed by atoms with Crippen LogP contribution in [0.4, 0.5) is 0 Å². The maximum Gasteiger partial charge on any atom is 0.0730 e. The van der Waals surface area contributed by atoms with E-state index in [0.717, 1.165) is 32.1 Å². The largest absolute Gasteiger partial charge is 0.382 e. The first-order valence-electron chi connectivity index (χ1n) is 8.23. The Balaban J connectivity index is 2.16. The van der Waals surface area contributed by atoms with E-state index in [0.29, 0.717) is 25.4 Å². The van der Waals surface area contributed by atoms with Gasteiger partial charge in [0.05, 0.1) is 19.3 Å². The van der Waals surface area contributed by atoms with E-state index in [9.17, 15) is 0 Å². The third-order valence-electron chi connectivity index (χ3n) is 4.14. The van der Waals surface area contributed by atoms with Gasteiger partial charge in [0.15, 0.2) is 0 Å². The monoisotopic (exact) mass is 287 g/mol. The quantitative estimate of drug-likeness (QED) is 0.593. The summed E-state index contributed by atoms with van der Waals surface area (Å²) >= 11 is 0. The van der Waals surface area contributed by atoms with Crippen molar-refractivity contribution in [3.8, 4) is 0 Å². The summed E-state index contributed by atoms with van der Waals surface area (Å²) in [5.74, 6) is 0.841. The van der Waals surface area contributed by atoms with Gasteiger partial charge in [0.2, 0.25) is 0 Å². The van der Waals surface area contributed by atoms with Crippen molar-refractivity contribution in [3.63, 3.8) is 0 Å². The van der Waals surface area contributed by atoms with E-state index in [1.165, 1.54) is 25.7 Å². The lowest BCUT2D eigenvalue weighted by molar-refractivity contribution is -0.0208. The second-order valence-electron chi connectivity index (χ2n) is 5.62. The smallest absolute Gasteiger partial charge is 0.0730 e. The van der Waals surface area contributed by atoms with E-state index in [-0.39, 0.29) is 0 Å². The first kappa shape index (κ1) is 17.9. The van der Waals surface area contributed by atoms with Gasteiger partial charge in [-0.15, -0.1) is 0 Å². The average Bonchev–Trinajstić information content (AvgIpc) is 2.48. The van der Waals surface area contributed by atoms with Crippen molar-refractivity contribution in [2.45, 2.75) is 58.1 Å². The minimum Gasteiger partial charge on any atom is -0.382 e. The molecule has 20 heavy (non-hydrogen) atoms. The van der Waals surface area contributed by atoms with Crippen LogP contribution in [0.2, 0.25) is 0 Å². The molecule has 120 valence electrons. The molecule has 0 aliphatic heterocycles.